The Labute approximate surface area is 174 Å². The number of aryl methyl sites for hydroxylation is 1. The largest absolute Gasteiger partial charge is 0.496 e. The van der Waals surface area contributed by atoms with Crippen molar-refractivity contribution in [2.24, 2.45) is 0 Å². The van der Waals surface area contributed by atoms with Crippen LogP contribution in [0.25, 0.3) is 6.08 Å². The van der Waals surface area contributed by atoms with Crippen LogP contribution in [0.5, 0.6) is 5.75 Å². The van der Waals surface area contributed by atoms with Gasteiger partial charge in [-0.2, -0.15) is 0 Å². The van der Waals surface area contributed by atoms with Crippen LogP contribution in [0, 0.1) is 6.92 Å². The van der Waals surface area contributed by atoms with Gasteiger partial charge in [-0.1, -0.05) is 30.4 Å². The number of anilines is 1. The highest BCUT2D eigenvalue weighted by molar-refractivity contribution is 5.57. The molecule has 2 aliphatic heterocycles. The van der Waals surface area contributed by atoms with Crippen LogP contribution in [0.2, 0.25) is 0 Å². The van der Waals surface area contributed by atoms with Gasteiger partial charge >= 0.3 is 0 Å². The lowest BCUT2D eigenvalue weighted by molar-refractivity contribution is 0.284. The minimum atomic E-state index is 0.565. The van der Waals surface area contributed by atoms with E-state index in [1.807, 2.05) is 18.2 Å². The molecule has 1 aromatic carbocycles. The molecule has 4 rings (SSSR count). The van der Waals surface area contributed by atoms with Crippen molar-refractivity contribution >= 4 is 11.8 Å². The number of hydrogen-bond acceptors (Lipinski definition) is 5. The summed E-state index contributed by atoms with van der Waals surface area (Å²) >= 11 is 0. The maximum atomic E-state index is 5.43. The molecule has 0 aliphatic carbocycles. The average Bonchev–Trinajstić information content (AvgIpc) is 3.29. The summed E-state index contributed by atoms with van der Waals surface area (Å²) < 4.78 is 5.43. The van der Waals surface area contributed by atoms with Crippen molar-refractivity contribution in [2.75, 3.05) is 57.8 Å². The van der Waals surface area contributed by atoms with E-state index in [1.54, 1.807) is 7.11 Å². The first-order valence-corrected chi connectivity index (χ1v) is 10.7. The number of methoxy groups -OCH3 is 1. The number of hydrogen-bond donors (Lipinski definition) is 1. The van der Waals surface area contributed by atoms with Gasteiger partial charge in [-0.3, -0.25) is 9.88 Å². The molecule has 0 amide bonds. The van der Waals surface area contributed by atoms with E-state index >= 15 is 0 Å². The number of ether oxygens (including phenoxy) is 1. The van der Waals surface area contributed by atoms with Crippen LogP contribution >= 0.6 is 0 Å². The van der Waals surface area contributed by atoms with Gasteiger partial charge in [-0.05, 0) is 38.1 Å². The molecule has 2 fully saturated rings. The molecule has 0 spiro atoms. The minimum absolute atomic E-state index is 0.565. The van der Waals surface area contributed by atoms with E-state index in [0.717, 1.165) is 62.8 Å². The number of piperazine rings is 1. The summed E-state index contributed by atoms with van der Waals surface area (Å²) in [6, 6.07) is 12.7. The lowest BCUT2D eigenvalue weighted by Crippen LogP contribution is -2.46. The molecule has 0 saturated carbocycles. The topological polar surface area (TPSA) is 40.6 Å². The Hall–Kier alpha value is -2.37. The average molecular weight is 393 g/mol. The molecule has 5 nitrogen and oxygen atoms in total. The Morgan fingerprint density at radius 1 is 1.17 bits per heavy atom. The highest BCUT2D eigenvalue weighted by Crippen LogP contribution is 2.26. The molecular weight excluding hydrogens is 360 g/mol. The molecule has 1 atom stereocenters. The summed E-state index contributed by atoms with van der Waals surface area (Å²) in [5.41, 5.74) is 4.86. The van der Waals surface area contributed by atoms with Gasteiger partial charge in [-0.15, -0.1) is 0 Å². The number of benzene rings is 1. The fraction of sp³-hybridized carbons (Fsp3) is 0.458. The predicted molar refractivity (Wildman–Crippen MR) is 120 cm³/mol. The number of rotatable bonds is 6. The Morgan fingerprint density at radius 3 is 2.76 bits per heavy atom. The lowest BCUT2D eigenvalue weighted by atomic mass is 10.0. The van der Waals surface area contributed by atoms with E-state index < -0.39 is 0 Å². The van der Waals surface area contributed by atoms with Crippen molar-refractivity contribution in [3.63, 3.8) is 0 Å². The summed E-state index contributed by atoms with van der Waals surface area (Å²) in [5, 5.41) is 3.46. The van der Waals surface area contributed by atoms with E-state index in [2.05, 4.69) is 52.4 Å². The van der Waals surface area contributed by atoms with Crippen LogP contribution in [0.4, 0.5) is 5.69 Å². The van der Waals surface area contributed by atoms with Crippen molar-refractivity contribution in [1.29, 1.82) is 0 Å². The third-order valence-corrected chi connectivity index (χ3v) is 5.97. The molecule has 5 heteroatoms. The van der Waals surface area contributed by atoms with Crippen LogP contribution < -0.4 is 15.0 Å². The van der Waals surface area contributed by atoms with Crippen molar-refractivity contribution in [2.45, 2.75) is 19.3 Å². The molecule has 1 N–H and O–H groups in total. The molecule has 154 valence electrons. The van der Waals surface area contributed by atoms with E-state index in [-0.39, 0.29) is 0 Å². The zero-order valence-corrected chi connectivity index (χ0v) is 17.6. The molecule has 1 unspecified atom stereocenters. The molecule has 2 aliphatic rings. The van der Waals surface area contributed by atoms with Gasteiger partial charge < -0.3 is 15.0 Å². The maximum absolute atomic E-state index is 5.43. The number of pyridine rings is 1. The quantitative estimate of drug-likeness (QED) is 0.817. The Kier molecular flexibility index (Phi) is 6.47. The summed E-state index contributed by atoms with van der Waals surface area (Å²) in [5.74, 6) is 1.49. The summed E-state index contributed by atoms with van der Waals surface area (Å²) in [6.07, 6.45) is 5.61. The van der Waals surface area contributed by atoms with Crippen molar-refractivity contribution < 1.29 is 4.74 Å². The van der Waals surface area contributed by atoms with Crippen LogP contribution in [0.1, 0.15) is 29.3 Å². The van der Waals surface area contributed by atoms with Gasteiger partial charge in [0, 0.05) is 67.8 Å². The second kappa shape index (κ2) is 9.42. The van der Waals surface area contributed by atoms with Crippen LogP contribution in [0.3, 0.4) is 0 Å². The summed E-state index contributed by atoms with van der Waals surface area (Å²) in [4.78, 5) is 9.84. The molecule has 29 heavy (non-hydrogen) atoms. The first-order chi connectivity index (χ1) is 14.2. The second-order valence-corrected chi connectivity index (χ2v) is 8.01. The van der Waals surface area contributed by atoms with Crippen LogP contribution in [-0.2, 0) is 0 Å². The minimum Gasteiger partial charge on any atom is -0.496 e. The smallest absolute Gasteiger partial charge is 0.126 e. The molecule has 2 saturated heterocycles. The fourth-order valence-corrected chi connectivity index (χ4v) is 4.30. The Morgan fingerprint density at radius 2 is 2.00 bits per heavy atom. The molecule has 1 aromatic heterocycles. The highest BCUT2D eigenvalue weighted by atomic mass is 16.5. The third-order valence-electron chi connectivity index (χ3n) is 5.97. The van der Waals surface area contributed by atoms with Crippen molar-refractivity contribution in [3.8, 4) is 5.75 Å². The molecule has 2 aromatic rings. The first-order valence-electron chi connectivity index (χ1n) is 10.7. The van der Waals surface area contributed by atoms with Gasteiger partial charge in [0.15, 0.2) is 0 Å². The van der Waals surface area contributed by atoms with E-state index in [4.69, 9.17) is 9.72 Å². The van der Waals surface area contributed by atoms with E-state index in [0.29, 0.717) is 5.92 Å². The number of nitrogens with one attached hydrogen (secondary N) is 1. The number of nitrogens with zero attached hydrogens (tertiary/aromatic N) is 3. The van der Waals surface area contributed by atoms with E-state index in [1.165, 1.54) is 17.8 Å². The highest BCUT2D eigenvalue weighted by Gasteiger charge is 2.21. The number of aromatic nitrogens is 1. The van der Waals surface area contributed by atoms with Gasteiger partial charge in [0.1, 0.15) is 5.75 Å². The standard InChI is InChI=1S/C24H32N4O/c1-19-16-22(17-23(26-19)21-9-10-25-18-21)28-14-12-27(13-15-28)11-5-7-20-6-3-4-8-24(20)29-2/h3-8,16-17,21,25H,9-15,18H2,1-2H3/b7-5+. The normalized spacial score (nSPS) is 20.5. The fourth-order valence-electron chi connectivity index (χ4n) is 4.30. The molecule has 0 bridgehead atoms. The Bertz CT molecular complexity index is 837. The Balaban J connectivity index is 1.33. The zero-order valence-electron chi connectivity index (χ0n) is 17.6. The number of para-hydroxylation sites is 1. The first kappa shape index (κ1) is 19.9. The summed E-state index contributed by atoms with van der Waals surface area (Å²) in [7, 11) is 1.72. The van der Waals surface area contributed by atoms with Crippen LogP contribution in [0.15, 0.2) is 42.5 Å². The van der Waals surface area contributed by atoms with E-state index in [9.17, 15) is 0 Å². The van der Waals surface area contributed by atoms with Crippen LogP contribution in [-0.4, -0.2) is 62.8 Å². The SMILES string of the molecule is COc1ccccc1/C=C/CN1CCN(c2cc(C)nc(C3CCNC3)c2)CC1. The predicted octanol–water partition coefficient (Wildman–Crippen LogP) is 3.31. The maximum Gasteiger partial charge on any atom is 0.126 e. The van der Waals surface area contributed by atoms with Gasteiger partial charge in [0.2, 0.25) is 0 Å². The third kappa shape index (κ3) is 4.98. The molecule has 3 heterocycles. The molecule has 0 radical (unpaired) electrons. The zero-order chi connectivity index (χ0) is 20.1. The van der Waals surface area contributed by atoms with Crippen molar-refractivity contribution in [1.82, 2.24) is 15.2 Å². The van der Waals surface area contributed by atoms with Gasteiger partial charge in [0.05, 0.1) is 7.11 Å². The lowest BCUT2D eigenvalue weighted by Gasteiger charge is -2.36. The van der Waals surface area contributed by atoms with Gasteiger partial charge in [0.25, 0.3) is 0 Å². The van der Waals surface area contributed by atoms with Gasteiger partial charge in [-0.25, -0.2) is 0 Å². The summed E-state index contributed by atoms with van der Waals surface area (Å²) in [6.45, 7) is 9.55. The molecular formula is C24H32N4O. The monoisotopic (exact) mass is 392 g/mol. The second-order valence-electron chi connectivity index (χ2n) is 8.01. The van der Waals surface area contributed by atoms with Crippen molar-refractivity contribution in [3.05, 3.63) is 59.4 Å².